The van der Waals surface area contributed by atoms with Gasteiger partial charge in [-0.15, -0.1) is 0 Å². The Hall–Kier alpha value is -1.54. The number of anilines is 1. The fraction of sp³-hybridized carbons (Fsp3) is 0.500. The number of hydrogen-bond acceptors (Lipinski definition) is 4. The van der Waals surface area contributed by atoms with Crippen LogP contribution in [0.3, 0.4) is 0 Å². The summed E-state index contributed by atoms with van der Waals surface area (Å²) in [5.41, 5.74) is -1.91. The molecule has 21 heavy (non-hydrogen) atoms. The van der Waals surface area contributed by atoms with Gasteiger partial charge in [-0.05, 0) is 18.9 Å². The molecule has 5 nitrogen and oxygen atoms in total. The van der Waals surface area contributed by atoms with E-state index in [2.05, 4.69) is 0 Å². The first kappa shape index (κ1) is 15.8. The van der Waals surface area contributed by atoms with Crippen molar-refractivity contribution in [2.45, 2.75) is 25.1 Å². The number of aliphatic hydroxyl groups is 1. The first-order chi connectivity index (χ1) is 9.70. The number of rotatable bonds is 2. The van der Waals surface area contributed by atoms with Gasteiger partial charge in [0, 0.05) is 19.2 Å². The van der Waals surface area contributed by atoms with Crippen LogP contribution in [0.2, 0.25) is 5.02 Å². The number of nitrogens with zero attached hydrogens (tertiary/aromatic N) is 2. The van der Waals surface area contributed by atoms with Crippen LogP contribution >= 0.6 is 11.6 Å². The molecule has 1 aromatic carbocycles. The van der Waals surface area contributed by atoms with Gasteiger partial charge in [0.25, 0.3) is 5.69 Å². The van der Waals surface area contributed by atoms with Crippen LogP contribution in [0.4, 0.5) is 24.5 Å². The topological polar surface area (TPSA) is 66.6 Å². The molecule has 1 aliphatic rings. The molecule has 0 amide bonds. The minimum atomic E-state index is -4.76. The van der Waals surface area contributed by atoms with Gasteiger partial charge in [-0.1, -0.05) is 11.6 Å². The van der Waals surface area contributed by atoms with Gasteiger partial charge in [0.2, 0.25) is 0 Å². The number of hydrogen-bond donors (Lipinski definition) is 1. The smallest absolute Gasteiger partial charge is 0.391 e. The third-order valence-electron chi connectivity index (χ3n) is 3.30. The summed E-state index contributed by atoms with van der Waals surface area (Å²) in [7, 11) is 0. The van der Waals surface area contributed by atoms with E-state index in [-0.39, 0.29) is 12.2 Å². The standard InChI is InChI=1S/C12H12ClF3N2O3/c13-9-5-10(17-3-1-2-7(19)6-17)11(18(20)21)4-8(9)12(14,15)16/h4-5,7,19H,1-3,6H2. The van der Waals surface area contributed by atoms with Crippen molar-refractivity contribution in [2.75, 3.05) is 18.0 Å². The van der Waals surface area contributed by atoms with Crippen molar-refractivity contribution in [1.29, 1.82) is 0 Å². The highest BCUT2D eigenvalue weighted by Gasteiger charge is 2.37. The molecular formula is C12H12ClF3N2O3. The number of aliphatic hydroxyl groups excluding tert-OH is 1. The zero-order valence-electron chi connectivity index (χ0n) is 10.7. The first-order valence-corrected chi connectivity index (χ1v) is 6.56. The van der Waals surface area contributed by atoms with E-state index in [9.17, 15) is 28.4 Å². The molecule has 0 saturated carbocycles. The lowest BCUT2D eigenvalue weighted by Gasteiger charge is -2.31. The van der Waals surface area contributed by atoms with Crippen molar-refractivity contribution in [3.63, 3.8) is 0 Å². The molecule has 0 radical (unpaired) electrons. The molecule has 0 spiro atoms. The number of alkyl halides is 3. The van der Waals surface area contributed by atoms with Crippen molar-refractivity contribution in [1.82, 2.24) is 0 Å². The molecule has 0 bridgehead atoms. The average molecular weight is 325 g/mol. The Labute approximate surface area is 123 Å². The monoisotopic (exact) mass is 324 g/mol. The molecule has 1 fully saturated rings. The third-order valence-corrected chi connectivity index (χ3v) is 3.62. The molecule has 9 heteroatoms. The molecule has 2 rings (SSSR count). The molecule has 1 saturated heterocycles. The van der Waals surface area contributed by atoms with E-state index in [1.807, 2.05) is 0 Å². The number of piperidine rings is 1. The molecule has 0 aromatic heterocycles. The lowest BCUT2D eigenvalue weighted by atomic mass is 10.1. The first-order valence-electron chi connectivity index (χ1n) is 6.18. The number of nitro benzene ring substituents is 1. The summed E-state index contributed by atoms with van der Waals surface area (Å²) < 4.78 is 38.3. The summed E-state index contributed by atoms with van der Waals surface area (Å²) in [5, 5.41) is 20.0. The maximum atomic E-state index is 12.8. The Bertz CT molecular complexity index is 565. The van der Waals surface area contributed by atoms with Crippen LogP contribution in [0.1, 0.15) is 18.4 Å². The SMILES string of the molecule is O=[N+]([O-])c1cc(C(F)(F)F)c(Cl)cc1N1CCCC(O)C1. The lowest BCUT2D eigenvalue weighted by molar-refractivity contribution is -0.384. The van der Waals surface area contributed by atoms with Gasteiger partial charge in [0.05, 0.1) is 21.6 Å². The molecule has 1 atom stereocenters. The largest absolute Gasteiger partial charge is 0.418 e. The van der Waals surface area contributed by atoms with E-state index in [1.165, 1.54) is 4.90 Å². The normalized spacial score (nSPS) is 19.7. The summed E-state index contributed by atoms with van der Waals surface area (Å²) in [5.74, 6) is 0. The van der Waals surface area contributed by atoms with Gasteiger partial charge < -0.3 is 10.0 Å². The maximum Gasteiger partial charge on any atom is 0.418 e. The highest BCUT2D eigenvalue weighted by atomic mass is 35.5. The van der Waals surface area contributed by atoms with E-state index < -0.39 is 33.5 Å². The minimum Gasteiger partial charge on any atom is -0.391 e. The Balaban J connectivity index is 2.50. The van der Waals surface area contributed by atoms with Crippen LogP contribution in [0.25, 0.3) is 0 Å². The fourth-order valence-corrected chi connectivity index (χ4v) is 2.61. The highest BCUT2D eigenvalue weighted by Crippen LogP contribution is 2.41. The minimum absolute atomic E-state index is 0.00301. The van der Waals surface area contributed by atoms with Crippen LogP contribution in [0, 0.1) is 10.1 Å². The number of β-amino-alcohol motifs (C(OH)–C–C–N with tert-alkyl or cyclic N) is 1. The summed E-state index contributed by atoms with van der Waals surface area (Å²) in [6.45, 7) is 0.544. The van der Waals surface area contributed by atoms with Crippen LogP contribution < -0.4 is 4.90 Å². The van der Waals surface area contributed by atoms with Crippen molar-refractivity contribution < 1.29 is 23.2 Å². The van der Waals surface area contributed by atoms with Gasteiger partial charge in [-0.2, -0.15) is 13.2 Å². The second-order valence-corrected chi connectivity index (χ2v) is 5.22. The fourth-order valence-electron chi connectivity index (χ4n) is 2.34. The van der Waals surface area contributed by atoms with Crippen LogP contribution in [-0.2, 0) is 6.18 Å². The predicted molar refractivity (Wildman–Crippen MR) is 70.6 cm³/mol. The van der Waals surface area contributed by atoms with E-state index in [0.717, 1.165) is 6.07 Å². The predicted octanol–water partition coefficient (Wildman–Crippen LogP) is 3.23. The zero-order valence-corrected chi connectivity index (χ0v) is 11.5. The molecule has 116 valence electrons. The number of benzene rings is 1. The second kappa shape index (κ2) is 5.69. The van der Waals surface area contributed by atoms with Crippen LogP contribution in [-0.4, -0.2) is 29.2 Å². The van der Waals surface area contributed by atoms with E-state index >= 15 is 0 Å². The molecule has 1 N–H and O–H groups in total. The molecule has 1 heterocycles. The van der Waals surface area contributed by atoms with Gasteiger partial charge in [-0.3, -0.25) is 10.1 Å². The second-order valence-electron chi connectivity index (χ2n) is 4.82. The number of nitro groups is 1. The lowest BCUT2D eigenvalue weighted by Crippen LogP contribution is -2.38. The molecule has 1 unspecified atom stereocenters. The van der Waals surface area contributed by atoms with Crippen molar-refractivity contribution in [3.8, 4) is 0 Å². The zero-order chi connectivity index (χ0) is 15.8. The Morgan fingerprint density at radius 3 is 2.62 bits per heavy atom. The average Bonchev–Trinajstić information content (AvgIpc) is 2.36. The van der Waals surface area contributed by atoms with Gasteiger partial charge in [0.1, 0.15) is 5.69 Å². The van der Waals surface area contributed by atoms with Gasteiger partial charge >= 0.3 is 6.18 Å². The Morgan fingerprint density at radius 2 is 2.10 bits per heavy atom. The van der Waals surface area contributed by atoms with Crippen molar-refractivity contribution in [2.24, 2.45) is 0 Å². The Morgan fingerprint density at radius 1 is 1.43 bits per heavy atom. The van der Waals surface area contributed by atoms with Crippen molar-refractivity contribution in [3.05, 3.63) is 32.8 Å². The number of halogens is 4. The van der Waals surface area contributed by atoms with Crippen molar-refractivity contribution >= 4 is 23.0 Å². The summed E-state index contributed by atoms with van der Waals surface area (Å²) in [4.78, 5) is 11.7. The van der Waals surface area contributed by atoms with E-state index in [1.54, 1.807) is 0 Å². The van der Waals surface area contributed by atoms with Crippen LogP contribution in [0.15, 0.2) is 12.1 Å². The Kier molecular flexibility index (Phi) is 4.29. The maximum absolute atomic E-state index is 12.8. The van der Waals surface area contributed by atoms with E-state index in [4.69, 9.17) is 11.6 Å². The highest BCUT2D eigenvalue weighted by molar-refractivity contribution is 6.31. The molecule has 0 aliphatic carbocycles. The third kappa shape index (κ3) is 3.38. The van der Waals surface area contributed by atoms with Gasteiger partial charge in [0.15, 0.2) is 0 Å². The van der Waals surface area contributed by atoms with E-state index in [0.29, 0.717) is 25.5 Å². The van der Waals surface area contributed by atoms with Gasteiger partial charge in [-0.25, -0.2) is 0 Å². The molecule has 1 aliphatic heterocycles. The summed E-state index contributed by atoms with van der Waals surface area (Å²) >= 11 is 5.61. The molecular weight excluding hydrogens is 313 g/mol. The summed E-state index contributed by atoms with van der Waals surface area (Å²) in [6.07, 6.45) is -4.28. The summed E-state index contributed by atoms with van der Waals surface area (Å²) in [6, 6.07) is 1.39. The quantitative estimate of drug-likeness (QED) is 0.670. The van der Waals surface area contributed by atoms with Crippen LogP contribution in [0.5, 0.6) is 0 Å². The molecule has 1 aromatic rings.